The molecule has 0 aromatic rings. The molecule has 0 aliphatic rings. The number of phosphoric acid groups is 1. The van der Waals surface area contributed by atoms with Crippen molar-refractivity contribution in [1.29, 1.82) is 0 Å². The summed E-state index contributed by atoms with van der Waals surface area (Å²) in [5.74, 6) is -0.866. The first-order valence-corrected chi connectivity index (χ1v) is 23.4. The summed E-state index contributed by atoms with van der Waals surface area (Å²) in [6, 6.07) is 0. The van der Waals surface area contributed by atoms with Gasteiger partial charge in [-0.3, -0.25) is 14.1 Å². The van der Waals surface area contributed by atoms with Crippen molar-refractivity contribution in [3.8, 4) is 0 Å². The molecule has 0 radical (unpaired) electrons. The van der Waals surface area contributed by atoms with Gasteiger partial charge in [-0.15, -0.1) is 0 Å². The first kappa shape index (κ1) is 50.1. The van der Waals surface area contributed by atoms with E-state index < -0.39 is 32.5 Å². The Morgan fingerprint density at radius 2 is 0.706 bits per heavy atom. The van der Waals surface area contributed by atoms with Gasteiger partial charge in [-0.2, -0.15) is 0 Å². The standard InChI is InChI=1S/C42H83O8P/c1-3-5-7-9-11-13-15-17-19-21-23-25-27-29-31-33-35-37-42(44)50-40(39-49-51(45,46)47)38-48-41(43)36-34-32-30-28-26-24-22-20-18-16-14-12-10-8-6-4-2/h40H,3-39H2,1-2H3,(H2,45,46,47). The molecule has 0 aromatic heterocycles. The van der Waals surface area contributed by atoms with E-state index in [-0.39, 0.29) is 19.4 Å². The van der Waals surface area contributed by atoms with Crippen molar-refractivity contribution in [1.82, 2.24) is 0 Å². The first-order valence-electron chi connectivity index (χ1n) is 21.8. The molecule has 0 fully saturated rings. The number of ether oxygens (including phenoxy) is 2. The summed E-state index contributed by atoms with van der Waals surface area (Å²) in [5, 5.41) is 0. The van der Waals surface area contributed by atoms with Gasteiger partial charge in [0.15, 0.2) is 6.10 Å². The summed E-state index contributed by atoms with van der Waals surface area (Å²) in [7, 11) is -4.75. The number of esters is 2. The summed E-state index contributed by atoms with van der Waals surface area (Å²) < 4.78 is 26.4. The van der Waals surface area contributed by atoms with Crippen LogP contribution >= 0.6 is 7.82 Å². The van der Waals surface area contributed by atoms with Crippen LogP contribution in [0.1, 0.15) is 239 Å². The molecule has 51 heavy (non-hydrogen) atoms. The Hall–Kier alpha value is -0.950. The van der Waals surface area contributed by atoms with Gasteiger partial charge in [0, 0.05) is 12.8 Å². The molecule has 0 amide bonds. The average Bonchev–Trinajstić information content (AvgIpc) is 3.10. The van der Waals surface area contributed by atoms with Crippen LogP contribution < -0.4 is 0 Å². The van der Waals surface area contributed by atoms with Crippen molar-refractivity contribution in [2.45, 2.75) is 245 Å². The highest BCUT2D eigenvalue weighted by Gasteiger charge is 2.23. The van der Waals surface area contributed by atoms with Gasteiger partial charge in [0.25, 0.3) is 0 Å². The minimum Gasteiger partial charge on any atom is -0.462 e. The minimum absolute atomic E-state index is 0.220. The van der Waals surface area contributed by atoms with Gasteiger partial charge in [-0.05, 0) is 12.8 Å². The molecule has 0 spiro atoms. The molecule has 0 rings (SSSR count). The van der Waals surface area contributed by atoms with Crippen LogP contribution in [0.5, 0.6) is 0 Å². The molecule has 0 aromatic carbocycles. The van der Waals surface area contributed by atoms with Crippen molar-refractivity contribution >= 4 is 19.8 Å². The molecule has 0 heterocycles. The Bertz CT molecular complexity index is 802. The van der Waals surface area contributed by atoms with Crippen LogP contribution in [0.25, 0.3) is 0 Å². The molecule has 1 atom stereocenters. The normalized spacial score (nSPS) is 12.3. The number of rotatable bonds is 41. The monoisotopic (exact) mass is 747 g/mol. The molecule has 1 unspecified atom stereocenters. The van der Waals surface area contributed by atoms with Crippen LogP contribution in [0.4, 0.5) is 0 Å². The average molecular weight is 747 g/mol. The number of carbonyl (C=O) groups is 2. The van der Waals surface area contributed by atoms with E-state index in [2.05, 4.69) is 18.4 Å². The van der Waals surface area contributed by atoms with E-state index in [0.717, 1.165) is 32.1 Å². The molecule has 304 valence electrons. The lowest BCUT2D eigenvalue weighted by Crippen LogP contribution is -2.29. The van der Waals surface area contributed by atoms with E-state index in [1.165, 1.54) is 173 Å². The highest BCUT2D eigenvalue weighted by atomic mass is 31.2. The summed E-state index contributed by atoms with van der Waals surface area (Å²) in [4.78, 5) is 42.9. The van der Waals surface area contributed by atoms with E-state index in [0.29, 0.717) is 6.42 Å². The third-order valence-electron chi connectivity index (χ3n) is 9.88. The predicted octanol–water partition coefficient (Wildman–Crippen LogP) is 13.2. The molecule has 2 N–H and O–H groups in total. The molecular formula is C42H83O8P. The van der Waals surface area contributed by atoms with Gasteiger partial charge in [0.2, 0.25) is 0 Å². The lowest BCUT2D eigenvalue weighted by atomic mass is 10.0. The fraction of sp³-hybridized carbons (Fsp3) is 0.952. The Balaban J connectivity index is 3.84. The van der Waals surface area contributed by atoms with Gasteiger partial charge >= 0.3 is 19.8 Å². The third kappa shape index (κ3) is 41.7. The zero-order chi connectivity index (χ0) is 37.5. The maximum absolute atomic E-state index is 12.4. The van der Waals surface area contributed by atoms with E-state index in [9.17, 15) is 14.2 Å². The second kappa shape index (κ2) is 38.8. The van der Waals surface area contributed by atoms with E-state index in [1.807, 2.05) is 0 Å². The van der Waals surface area contributed by atoms with Crippen LogP contribution in [0.15, 0.2) is 0 Å². The van der Waals surface area contributed by atoms with Crippen LogP contribution in [0.2, 0.25) is 0 Å². The molecule has 0 aliphatic carbocycles. The summed E-state index contributed by atoms with van der Waals surface area (Å²) in [5.41, 5.74) is 0. The van der Waals surface area contributed by atoms with Gasteiger partial charge in [-0.1, -0.05) is 213 Å². The second-order valence-electron chi connectivity index (χ2n) is 15.0. The molecule has 8 nitrogen and oxygen atoms in total. The minimum atomic E-state index is -4.75. The number of phosphoric ester groups is 1. The molecule has 0 saturated carbocycles. The zero-order valence-electron chi connectivity index (χ0n) is 33.5. The van der Waals surface area contributed by atoms with Gasteiger partial charge in [-0.25, -0.2) is 4.57 Å². The van der Waals surface area contributed by atoms with Crippen molar-refractivity contribution in [3.05, 3.63) is 0 Å². The van der Waals surface area contributed by atoms with Crippen molar-refractivity contribution in [3.63, 3.8) is 0 Å². The Labute approximate surface area is 315 Å². The molecule has 0 bridgehead atoms. The SMILES string of the molecule is CCCCCCCCCCCCCCCCCCCC(=O)OC(COC(=O)CCCCCCCCCCCCCCCCCC)COP(=O)(O)O. The smallest absolute Gasteiger partial charge is 0.462 e. The number of carbonyl (C=O) groups excluding carboxylic acids is 2. The first-order chi connectivity index (χ1) is 24.8. The summed E-state index contributed by atoms with van der Waals surface area (Å²) in [6.07, 6.45) is 41.1. The number of unbranched alkanes of at least 4 members (excludes halogenated alkanes) is 31. The summed E-state index contributed by atoms with van der Waals surface area (Å²) in [6.45, 7) is 3.72. The van der Waals surface area contributed by atoms with Gasteiger partial charge in [0.1, 0.15) is 6.61 Å². The van der Waals surface area contributed by atoms with E-state index in [1.54, 1.807) is 0 Å². The molecule has 0 saturated heterocycles. The van der Waals surface area contributed by atoms with E-state index >= 15 is 0 Å². The Kier molecular flexibility index (Phi) is 38.0. The lowest BCUT2D eigenvalue weighted by molar-refractivity contribution is -0.161. The van der Waals surface area contributed by atoms with Crippen LogP contribution in [-0.2, 0) is 28.2 Å². The maximum Gasteiger partial charge on any atom is 0.469 e. The fourth-order valence-corrected chi connectivity index (χ4v) is 6.97. The number of hydrogen-bond donors (Lipinski definition) is 2. The zero-order valence-corrected chi connectivity index (χ0v) is 34.4. The quantitative estimate of drug-likeness (QED) is 0.0360. The van der Waals surface area contributed by atoms with Crippen molar-refractivity contribution in [2.75, 3.05) is 13.2 Å². The Morgan fingerprint density at radius 3 is 1.00 bits per heavy atom. The van der Waals surface area contributed by atoms with Crippen molar-refractivity contribution < 1.29 is 37.9 Å². The Morgan fingerprint density at radius 1 is 0.431 bits per heavy atom. The largest absolute Gasteiger partial charge is 0.469 e. The predicted molar refractivity (Wildman–Crippen MR) is 212 cm³/mol. The van der Waals surface area contributed by atoms with Crippen molar-refractivity contribution in [2.24, 2.45) is 0 Å². The van der Waals surface area contributed by atoms with Crippen LogP contribution in [0.3, 0.4) is 0 Å². The van der Waals surface area contributed by atoms with E-state index in [4.69, 9.17) is 19.3 Å². The van der Waals surface area contributed by atoms with Gasteiger partial charge < -0.3 is 19.3 Å². The summed E-state index contributed by atoms with van der Waals surface area (Å²) >= 11 is 0. The molecule has 0 aliphatic heterocycles. The highest BCUT2D eigenvalue weighted by molar-refractivity contribution is 7.46. The third-order valence-corrected chi connectivity index (χ3v) is 10.4. The van der Waals surface area contributed by atoms with Crippen LogP contribution in [0, 0.1) is 0 Å². The number of hydrogen-bond acceptors (Lipinski definition) is 6. The van der Waals surface area contributed by atoms with Crippen LogP contribution in [-0.4, -0.2) is 41.0 Å². The molecular weight excluding hydrogens is 663 g/mol. The topological polar surface area (TPSA) is 119 Å². The maximum atomic E-state index is 12.4. The lowest BCUT2D eigenvalue weighted by Gasteiger charge is -2.18. The molecule has 9 heteroatoms. The van der Waals surface area contributed by atoms with Gasteiger partial charge in [0.05, 0.1) is 6.61 Å². The fourth-order valence-electron chi connectivity index (χ4n) is 6.61. The second-order valence-corrected chi connectivity index (χ2v) is 16.3. The highest BCUT2D eigenvalue weighted by Crippen LogP contribution is 2.36.